The molecule has 0 aliphatic carbocycles. The molecule has 1 heterocycles. The van der Waals surface area contributed by atoms with E-state index < -0.39 is 18.0 Å². The van der Waals surface area contributed by atoms with Crippen LogP contribution in [0.5, 0.6) is 11.5 Å². The fraction of sp³-hybridized carbons (Fsp3) is 0.200. The number of benzene rings is 2. The summed E-state index contributed by atoms with van der Waals surface area (Å²) in [6.07, 6.45) is -1.88. The van der Waals surface area contributed by atoms with Gasteiger partial charge in [-0.15, -0.1) is 0 Å². The Morgan fingerprint density at radius 3 is 2.71 bits per heavy atom. The maximum atomic E-state index is 14.1. The van der Waals surface area contributed by atoms with Crippen LogP contribution >= 0.6 is 27.5 Å². The Morgan fingerprint density at radius 2 is 1.95 bits per heavy atom. The lowest BCUT2D eigenvalue weighted by atomic mass is 10.0. The lowest BCUT2D eigenvalue weighted by molar-refractivity contribution is -0.0128. The van der Waals surface area contributed by atoms with Gasteiger partial charge in [-0.2, -0.15) is 0 Å². The highest BCUT2D eigenvalue weighted by atomic mass is 79.9. The monoisotopic (exact) mass is 372 g/mol. The first-order valence-electron chi connectivity index (χ1n) is 6.28. The summed E-state index contributed by atoms with van der Waals surface area (Å²) in [6, 6.07) is 10.2. The molecule has 0 saturated carbocycles. The van der Waals surface area contributed by atoms with Gasteiger partial charge in [-0.25, -0.2) is 4.39 Å². The summed E-state index contributed by atoms with van der Waals surface area (Å²) in [5.74, 6) is 0.465. The Labute approximate surface area is 134 Å². The highest BCUT2D eigenvalue weighted by Crippen LogP contribution is 2.36. The summed E-state index contributed by atoms with van der Waals surface area (Å²) in [6.45, 7) is 0.130. The van der Waals surface area contributed by atoms with Crippen LogP contribution in [0, 0.1) is 5.82 Å². The van der Waals surface area contributed by atoms with E-state index in [1.165, 1.54) is 6.07 Å². The molecule has 1 aliphatic rings. The van der Waals surface area contributed by atoms with Crippen molar-refractivity contribution in [1.29, 1.82) is 0 Å². The van der Waals surface area contributed by atoms with Gasteiger partial charge in [0, 0.05) is 10.0 Å². The molecule has 2 aromatic rings. The van der Waals surface area contributed by atoms with E-state index in [2.05, 4.69) is 15.9 Å². The van der Waals surface area contributed by atoms with Crippen LogP contribution in [-0.2, 0) is 0 Å². The van der Waals surface area contributed by atoms with E-state index in [4.69, 9.17) is 21.1 Å². The average Bonchev–Trinajstić information content (AvgIpc) is 2.52. The lowest BCUT2D eigenvalue weighted by Crippen LogP contribution is -2.35. The zero-order valence-corrected chi connectivity index (χ0v) is 13.1. The molecule has 0 amide bonds. The van der Waals surface area contributed by atoms with Crippen molar-refractivity contribution >= 4 is 27.5 Å². The number of fused-ring (bicyclic) bond motifs is 1. The number of aliphatic hydroxyl groups is 1. The number of rotatable bonds is 2. The van der Waals surface area contributed by atoms with Gasteiger partial charge < -0.3 is 14.6 Å². The van der Waals surface area contributed by atoms with Gasteiger partial charge in [0.2, 0.25) is 0 Å². The second kappa shape index (κ2) is 5.83. The molecule has 0 radical (unpaired) electrons. The van der Waals surface area contributed by atoms with E-state index in [1.54, 1.807) is 24.3 Å². The van der Waals surface area contributed by atoms with Crippen molar-refractivity contribution in [3.8, 4) is 11.5 Å². The highest BCUT2D eigenvalue weighted by Gasteiger charge is 2.31. The van der Waals surface area contributed by atoms with Crippen LogP contribution in [0.3, 0.4) is 0 Å². The van der Waals surface area contributed by atoms with Crippen LogP contribution in [0.15, 0.2) is 40.9 Å². The molecule has 2 unspecified atom stereocenters. The Morgan fingerprint density at radius 1 is 1.24 bits per heavy atom. The second-order valence-electron chi connectivity index (χ2n) is 4.62. The van der Waals surface area contributed by atoms with E-state index in [-0.39, 0.29) is 17.2 Å². The first-order chi connectivity index (χ1) is 10.1. The SMILES string of the molecule is OC(c1ccc(Br)c(Cl)c1F)C1COc2ccccc2O1. The zero-order valence-electron chi connectivity index (χ0n) is 10.7. The van der Waals surface area contributed by atoms with Crippen LogP contribution in [-0.4, -0.2) is 17.8 Å². The molecule has 0 saturated heterocycles. The van der Waals surface area contributed by atoms with E-state index in [9.17, 15) is 9.50 Å². The molecule has 110 valence electrons. The quantitative estimate of drug-likeness (QED) is 0.805. The van der Waals surface area contributed by atoms with Crippen LogP contribution in [0.4, 0.5) is 4.39 Å². The van der Waals surface area contributed by atoms with Crippen molar-refractivity contribution in [3.05, 3.63) is 57.3 Å². The van der Waals surface area contributed by atoms with E-state index in [1.807, 2.05) is 6.07 Å². The van der Waals surface area contributed by atoms with Gasteiger partial charge in [-0.1, -0.05) is 29.8 Å². The van der Waals surface area contributed by atoms with Gasteiger partial charge in [-0.3, -0.25) is 0 Å². The minimum Gasteiger partial charge on any atom is -0.486 e. The van der Waals surface area contributed by atoms with Gasteiger partial charge in [0.05, 0.1) is 5.02 Å². The summed E-state index contributed by atoms with van der Waals surface area (Å²) in [5.41, 5.74) is 0.0798. The summed E-state index contributed by atoms with van der Waals surface area (Å²) in [5, 5.41) is 10.3. The number of para-hydroxylation sites is 2. The highest BCUT2D eigenvalue weighted by molar-refractivity contribution is 9.10. The number of hydrogen-bond acceptors (Lipinski definition) is 3. The molecule has 0 bridgehead atoms. The van der Waals surface area contributed by atoms with E-state index in [0.29, 0.717) is 16.0 Å². The molecule has 1 aliphatic heterocycles. The van der Waals surface area contributed by atoms with Gasteiger partial charge in [-0.05, 0) is 34.1 Å². The second-order valence-corrected chi connectivity index (χ2v) is 5.86. The van der Waals surface area contributed by atoms with Crippen LogP contribution in [0.25, 0.3) is 0 Å². The first kappa shape index (κ1) is 14.6. The summed E-state index contributed by atoms with van der Waals surface area (Å²) in [4.78, 5) is 0. The van der Waals surface area contributed by atoms with Crippen LogP contribution < -0.4 is 9.47 Å². The van der Waals surface area contributed by atoms with Gasteiger partial charge >= 0.3 is 0 Å². The zero-order chi connectivity index (χ0) is 15.0. The van der Waals surface area contributed by atoms with Crippen molar-refractivity contribution in [3.63, 3.8) is 0 Å². The molecule has 0 aromatic heterocycles. The number of aliphatic hydroxyl groups excluding tert-OH is 1. The van der Waals surface area contributed by atoms with Gasteiger partial charge in [0.25, 0.3) is 0 Å². The van der Waals surface area contributed by atoms with Crippen LogP contribution in [0.1, 0.15) is 11.7 Å². The average molecular weight is 374 g/mol. The Bertz CT molecular complexity index is 680. The number of hydrogen-bond donors (Lipinski definition) is 1. The predicted molar refractivity (Wildman–Crippen MR) is 80.4 cm³/mol. The molecule has 3 nitrogen and oxygen atoms in total. The van der Waals surface area contributed by atoms with Gasteiger partial charge in [0.15, 0.2) is 17.6 Å². The maximum absolute atomic E-state index is 14.1. The Balaban J connectivity index is 1.87. The molecule has 0 fully saturated rings. The van der Waals surface area contributed by atoms with Crippen molar-refractivity contribution in [2.75, 3.05) is 6.61 Å². The Kier molecular flexibility index (Phi) is 4.06. The molecular formula is C15H11BrClFO3. The predicted octanol–water partition coefficient (Wildman–Crippen LogP) is 4.12. The number of halogens is 3. The van der Waals surface area contributed by atoms with Crippen molar-refractivity contribution < 1.29 is 19.0 Å². The molecule has 3 rings (SSSR count). The number of ether oxygens (including phenoxy) is 2. The lowest BCUT2D eigenvalue weighted by Gasteiger charge is -2.30. The van der Waals surface area contributed by atoms with Crippen molar-refractivity contribution in [1.82, 2.24) is 0 Å². The minimum absolute atomic E-state index is 0.0660. The fourth-order valence-corrected chi connectivity index (χ4v) is 2.64. The molecule has 6 heteroatoms. The standard InChI is InChI=1S/C15H11BrClFO3/c16-9-6-5-8(14(18)13(9)17)15(19)12-7-20-10-3-1-2-4-11(10)21-12/h1-6,12,15,19H,7H2. The molecule has 1 N–H and O–H groups in total. The largest absolute Gasteiger partial charge is 0.486 e. The molecule has 2 atom stereocenters. The summed E-state index contributed by atoms with van der Waals surface area (Å²) in [7, 11) is 0. The third kappa shape index (κ3) is 2.73. The Hall–Kier alpha value is -1.30. The third-order valence-corrected chi connectivity index (χ3v) is 4.53. The van der Waals surface area contributed by atoms with E-state index in [0.717, 1.165) is 0 Å². The normalized spacial score (nSPS) is 18.4. The van der Waals surface area contributed by atoms with Crippen molar-refractivity contribution in [2.24, 2.45) is 0 Å². The molecular weight excluding hydrogens is 363 g/mol. The summed E-state index contributed by atoms with van der Waals surface area (Å²) >= 11 is 8.98. The first-order valence-corrected chi connectivity index (χ1v) is 7.45. The molecule has 2 aromatic carbocycles. The molecule has 0 spiro atoms. The fourth-order valence-electron chi connectivity index (χ4n) is 2.16. The smallest absolute Gasteiger partial charge is 0.163 e. The molecule has 21 heavy (non-hydrogen) atoms. The van der Waals surface area contributed by atoms with Crippen molar-refractivity contribution in [2.45, 2.75) is 12.2 Å². The minimum atomic E-state index is -1.18. The topological polar surface area (TPSA) is 38.7 Å². The third-order valence-electron chi connectivity index (χ3n) is 3.27. The summed E-state index contributed by atoms with van der Waals surface area (Å²) < 4.78 is 25.8. The van der Waals surface area contributed by atoms with E-state index >= 15 is 0 Å². The maximum Gasteiger partial charge on any atom is 0.163 e. The van der Waals surface area contributed by atoms with Gasteiger partial charge in [0.1, 0.15) is 18.5 Å². The van der Waals surface area contributed by atoms with Crippen LogP contribution in [0.2, 0.25) is 5.02 Å².